The van der Waals surface area contributed by atoms with Crippen LogP contribution in [0.4, 0.5) is 10.2 Å². The lowest BCUT2D eigenvalue weighted by Crippen LogP contribution is -2.13. The first-order chi connectivity index (χ1) is 7.58. The minimum absolute atomic E-state index is 0.0456. The topological polar surface area (TPSA) is 72.2 Å². The van der Waals surface area contributed by atoms with Crippen LogP contribution in [0.1, 0.15) is 0 Å². The number of nitrogens with one attached hydrogen (secondary N) is 1. The highest BCUT2D eigenvalue weighted by Gasteiger charge is 2.15. The van der Waals surface area contributed by atoms with E-state index in [1.165, 1.54) is 24.5 Å². The average molecular weight is 242 g/mol. The Bertz CT molecular complexity index is 581. The van der Waals surface area contributed by atoms with E-state index in [1.807, 2.05) is 0 Å². The van der Waals surface area contributed by atoms with Gasteiger partial charge in [0.1, 0.15) is 12.1 Å². The van der Waals surface area contributed by atoms with Gasteiger partial charge in [0.15, 0.2) is 5.82 Å². The first-order valence-electron chi connectivity index (χ1n) is 4.27. The van der Waals surface area contributed by atoms with Crippen molar-refractivity contribution in [2.75, 3.05) is 4.72 Å². The summed E-state index contributed by atoms with van der Waals surface area (Å²) in [5, 5.41) is 3.39. The van der Waals surface area contributed by atoms with Gasteiger partial charge in [0.2, 0.25) is 0 Å². The predicted octanol–water partition coefficient (Wildman–Crippen LogP) is 1.61. The van der Waals surface area contributed by atoms with Gasteiger partial charge in [-0.15, -0.1) is 0 Å². The molecular formula is C9H7FN2O3S. The molecule has 0 fully saturated rings. The standard InChI is InChI=1S/C9H7FN2O3S/c10-7-2-1-3-8(6-7)16(13,14)12-9-4-5-15-11-9/h1-6H,(H,11,12). The maximum Gasteiger partial charge on any atom is 0.263 e. The second kappa shape index (κ2) is 3.93. The van der Waals surface area contributed by atoms with Gasteiger partial charge >= 0.3 is 0 Å². The fraction of sp³-hybridized carbons (Fsp3) is 0. The molecule has 1 aromatic heterocycles. The van der Waals surface area contributed by atoms with Gasteiger partial charge in [-0.25, -0.2) is 12.8 Å². The zero-order chi connectivity index (χ0) is 11.6. The van der Waals surface area contributed by atoms with Crippen LogP contribution in [0.2, 0.25) is 0 Å². The Hall–Kier alpha value is -1.89. The molecule has 0 radical (unpaired) electrons. The van der Waals surface area contributed by atoms with Crippen LogP contribution in [0.15, 0.2) is 46.0 Å². The number of hydrogen-bond donors (Lipinski definition) is 1. The highest BCUT2D eigenvalue weighted by molar-refractivity contribution is 7.92. The lowest BCUT2D eigenvalue weighted by atomic mass is 10.4. The fourth-order valence-corrected chi connectivity index (χ4v) is 2.12. The third-order valence-corrected chi connectivity index (χ3v) is 3.14. The number of sulfonamides is 1. The molecular weight excluding hydrogens is 235 g/mol. The molecule has 2 rings (SSSR count). The fourth-order valence-electron chi connectivity index (χ4n) is 1.10. The summed E-state index contributed by atoms with van der Waals surface area (Å²) in [6, 6.07) is 6.02. The van der Waals surface area contributed by atoms with Crippen LogP contribution in [0.25, 0.3) is 0 Å². The van der Waals surface area contributed by atoms with E-state index >= 15 is 0 Å². The van der Waals surface area contributed by atoms with Crippen LogP contribution >= 0.6 is 0 Å². The molecule has 0 saturated carbocycles. The SMILES string of the molecule is O=S(=O)(Nc1ccon1)c1cccc(F)c1. The number of nitrogens with zero attached hydrogens (tertiary/aromatic N) is 1. The average Bonchev–Trinajstić information content (AvgIpc) is 2.70. The Morgan fingerprint density at radius 2 is 2.12 bits per heavy atom. The van der Waals surface area contributed by atoms with E-state index in [-0.39, 0.29) is 10.7 Å². The van der Waals surface area contributed by atoms with E-state index in [0.717, 1.165) is 12.1 Å². The van der Waals surface area contributed by atoms with Gasteiger partial charge in [0.05, 0.1) is 4.90 Å². The van der Waals surface area contributed by atoms with E-state index in [1.54, 1.807) is 0 Å². The summed E-state index contributed by atoms with van der Waals surface area (Å²) in [6.07, 6.45) is 1.23. The van der Waals surface area contributed by atoms with Crippen molar-refractivity contribution in [3.05, 3.63) is 42.4 Å². The molecule has 1 heterocycles. The number of benzene rings is 1. The number of hydrogen-bond acceptors (Lipinski definition) is 4. The maximum absolute atomic E-state index is 12.8. The van der Waals surface area contributed by atoms with Crippen molar-refractivity contribution in [1.82, 2.24) is 5.16 Å². The summed E-state index contributed by atoms with van der Waals surface area (Å²) in [5.41, 5.74) is 0. The molecule has 5 nitrogen and oxygen atoms in total. The van der Waals surface area contributed by atoms with Crippen molar-refractivity contribution in [1.29, 1.82) is 0 Å². The molecule has 0 unspecified atom stereocenters. The Morgan fingerprint density at radius 3 is 2.75 bits per heavy atom. The number of rotatable bonds is 3. The Labute approximate surface area is 90.9 Å². The second-order valence-electron chi connectivity index (χ2n) is 2.95. The summed E-state index contributed by atoms with van der Waals surface area (Å²) >= 11 is 0. The molecule has 0 amide bonds. The van der Waals surface area contributed by atoms with E-state index in [0.29, 0.717) is 0 Å². The van der Waals surface area contributed by atoms with Gasteiger partial charge in [-0.1, -0.05) is 11.2 Å². The van der Waals surface area contributed by atoms with Crippen molar-refractivity contribution < 1.29 is 17.3 Å². The van der Waals surface area contributed by atoms with Crippen molar-refractivity contribution in [2.45, 2.75) is 4.90 Å². The van der Waals surface area contributed by atoms with Gasteiger partial charge in [-0.2, -0.15) is 0 Å². The minimum atomic E-state index is -3.82. The predicted molar refractivity (Wildman–Crippen MR) is 53.7 cm³/mol. The maximum atomic E-state index is 12.8. The Morgan fingerprint density at radius 1 is 1.31 bits per heavy atom. The molecule has 7 heteroatoms. The van der Waals surface area contributed by atoms with Gasteiger partial charge in [0, 0.05) is 6.07 Å². The number of anilines is 1. The minimum Gasteiger partial charge on any atom is -0.363 e. The zero-order valence-corrected chi connectivity index (χ0v) is 8.74. The van der Waals surface area contributed by atoms with E-state index in [9.17, 15) is 12.8 Å². The van der Waals surface area contributed by atoms with E-state index in [2.05, 4.69) is 14.4 Å². The number of halogens is 1. The smallest absolute Gasteiger partial charge is 0.263 e. The van der Waals surface area contributed by atoms with Gasteiger partial charge < -0.3 is 4.52 Å². The van der Waals surface area contributed by atoms with E-state index in [4.69, 9.17) is 0 Å². The molecule has 84 valence electrons. The molecule has 0 spiro atoms. The first-order valence-corrected chi connectivity index (χ1v) is 5.75. The molecule has 0 atom stereocenters. The normalized spacial score (nSPS) is 11.3. The summed E-state index contributed by atoms with van der Waals surface area (Å²) in [6.45, 7) is 0. The quantitative estimate of drug-likeness (QED) is 0.887. The lowest BCUT2D eigenvalue weighted by Gasteiger charge is -2.04. The molecule has 0 aliphatic heterocycles. The van der Waals surface area contributed by atoms with Crippen molar-refractivity contribution >= 4 is 15.8 Å². The van der Waals surface area contributed by atoms with Crippen LogP contribution in [0.3, 0.4) is 0 Å². The van der Waals surface area contributed by atoms with Crippen LogP contribution in [-0.2, 0) is 10.0 Å². The van der Waals surface area contributed by atoms with Gasteiger partial charge in [-0.05, 0) is 18.2 Å². The highest BCUT2D eigenvalue weighted by Crippen LogP contribution is 2.14. The highest BCUT2D eigenvalue weighted by atomic mass is 32.2. The van der Waals surface area contributed by atoms with Crippen LogP contribution in [-0.4, -0.2) is 13.6 Å². The molecule has 2 aromatic rings. The second-order valence-corrected chi connectivity index (χ2v) is 4.63. The molecule has 1 N–H and O–H groups in total. The largest absolute Gasteiger partial charge is 0.363 e. The van der Waals surface area contributed by atoms with E-state index < -0.39 is 15.8 Å². The summed E-state index contributed by atoms with van der Waals surface area (Å²) < 4.78 is 42.8. The number of aromatic nitrogens is 1. The van der Waals surface area contributed by atoms with Crippen molar-refractivity contribution in [2.24, 2.45) is 0 Å². The third-order valence-electron chi connectivity index (χ3n) is 1.78. The summed E-state index contributed by atoms with van der Waals surface area (Å²) in [5.74, 6) is -0.577. The van der Waals surface area contributed by atoms with Crippen molar-refractivity contribution in [3.8, 4) is 0 Å². The van der Waals surface area contributed by atoms with Crippen LogP contribution in [0.5, 0.6) is 0 Å². The third kappa shape index (κ3) is 2.19. The molecule has 0 saturated heterocycles. The first kappa shape index (κ1) is 10.6. The lowest BCUT2D eigenvalue weighted by molar-refractivity contribution is 0.423. The zero-order valence-electron chi connectivity index (χ0n) is 7.92. The molecule has 0 aliphatic rings. The molecule has 0 aliphatic carbocycles. The summed E-state index contributed by atoms with van der Waals surface area (Å²) in [4.78, 5) is -0.171. The van der Waals surface area contributed by atoms with Gasteiger partial charge in [0.25, 0.3) is 10.0 Å². The molecule has 16 heavy (non-hydrogen) atoms. The van der Waals surface area contributed by atoms with Crippen LogP contribution in [0, 0.1) is 5.82 Å². The molecule has 0 bridgehead atoms. The van der Waals surface area contributed by atoms with Gasteiger partial charge in [-0.3, -0.25) is 4.72 Å². The Balaban J connectivity index is 2.33. The Kier molecular flexibility index (Phi) is 2.61. The monoisotopic (exact) mass is 242 g/mol. The summed E-state index contributed by atoms with van der Waals surface area (Å²) in [7, 11) is -3.82. The molecule has 1 aromatic carbocycles. The van der Waals surface area contributed by atoms with Crippen molar-refractivity contribution in [3.63, 3.8) is 0 Å². The van der Waals surface area contributed by atoms with Crippen LogP contribution < -0.4 is 4.72 Å².